The third kappa shape index (κ3) is 1.10. The second-order valence-corrected chi connectivity index (χ2v) is 5.30. The average molecular weight is 196 g/mol. The Labute approximate surface area is 86.3 Å². The van der Waals surface area contributed by atoms with Crippen LogP contribution in [0.1, 0.15) is 34.1 Å². The van der Waals surface area contributed by atoms with E-state index >= 15 is 0 Å². The highest BCUT2D eigenvalue weighted by atomic mass is 16.7. The molecule has 1 heterocycles. The fourth-order valence-corrected chi connectivity index (χ4v) is 2.64. The minimum Gasteiger partial charge on any atom is -0.347 e. The minimum absolute atomic E-state index is 0.0521. The van der Waals surface area contributed by atoms with Crippen LogP contribution in [0.2, 0.25) is 0 Å². The molecule has 1 aliphatic carbocycles. The van der Waals surface area contributed by atoms with Gasteiger partial charge in [-0.2, -0.15) is 0 Å². The zero-order chi connectivity index (χ0) is 10.4. The van der Waals surface area contributed by atoms with Crippen LogP contribution in [0.25, 0.3) is 0 Å². The highest BCUT2D eigenvalue weighted by molar-refractivity contribution is 5.17. The van der Waals surface area contributed by atoms with Crippen LogP contribution in [-0.4, -0.2) is 19.0 Å². The number of rotatable bonds is 1. The Bertz CT molecular complexity index is 261. The van der Waals surface area contributed by atoms with Crippen LogP contribution in [0.5, 0.6) is 0 Å². The van der Waals surface area contributed by atoms with Gasteiger partial charge < -0.3 is 9.47 Å². The fraction of sp³-hybridized carbons (Fsp3) is 0.833. The van der Waals surface area contributed by atoms with E-state index in [4.69, 9.17) is 9.47 Å². The normalized spacial score (nSPS) is 39.1. The van der Waals surface area contributed by atoms with E-state index < -0.39 is 5.79 Å². The lowest BCUT2D eigenvalue weighted by Gasteiger charge is -2.48. The van der Waals surface area contributed by atoms with Crippen LogP contribution in [0.3, 0.4) is 0 Å². The summed E-state index contributed by atoms with van der Waals surface area (Å²) in [5.41, 5.74) is 0.197. The summed E-state index contributed by atoms with van der Waals surface area (Å²) in [5, 5.41) is 0. The molecular weight excluding hydrogens is 176 g/mol. The molecule has 0 N–H and O–H groups in total. The number of ether oxygens (including phenoxy) is 2. The van der Waals surface area contributed by atoms with Crippen LogP contribution in [-0.2, 0) is 9.47 Å². The van der Waals surface area contributed by atoms with Gasteiger partial charge in [-0.05, 0) is 18.8 Å². The lowest BCUT2D eigenvalue weighted by Crippen LogP contribution is -2.51. The molecule has 0 amide bonds. The van der Waals surface area contributed by atoms with Gasteiger partial charge in [0.15, 0.2) is 5.79 Å². The van der Waals surface area contributed by atoms with Gasteiger partial charge in [-0.25, -0.2) is 0 Å². The van der Waals surface area contributed by atoms with Crippen molar-refractivity contribution in [2.45, 2.75) is 39.9 Å². The Morgan fingerprint density at radius 2 is 1.57 bits per heavy atom. The first kappa shape index (κ1) is 10.2. The highest BCUT2D eigenvalue weighted by Gasteiger charge is 2.57. The lowest BCUT2D eigenvalue weighted by molar-refractivity contribution is -0.241. The summed E-state index contributed by atoms with van der Waals surface area (Å²) >= 11 is 0. The molecule has 2 rings (SSSR count). The van der Waals surface area contributed by atoms with E-state index in [0.717, 1.165) is 19.6 Å². The Balaban J connectivity index is 2.32. The molecule has 2 nitrogen and oxygen atoms in total. The summed E-state index contributed by atoms with van der Waals surface area (Å²) in [6.45, 7) is 10.3. The maximum Gasteiger partial charge on any atom is 0.172 e. The molecule has 0 bridgehead atoms. The molecule has 0 radical (unpaired) electrons. The first-order valence-electron chi connectivity index (χ1n) is 5.37. The van der Waals surface area contributed by atoms with Crippen LogP contribution >= 0.6 is 0 Å². The number of hydrogen-bond acceptors (Lipinski definition) is 2. The van der Waals surface area contributed by atoms with Crippen molar-refractivity contribution in [2.24, 2.45) is 10.8 Å². The van der Waals surface area contributed by atoms with Gasteiger partial charge in [0.25, 0.3) is 0 Å². The molecule has 1 fully saturated rings. The van der Waals surface area contributed by atoms with Crippen LogP contribution < -0.4 is 0 Å². The van der Waals surface area contributed by atoms with Gasteiger partial charge in [0.1, 0.15) is 0 Å². The van der Waals surface area contributed by atoms with Crippen molar-refractivity contribution >= 4 is 0 Å². The molecule has 2 aliphatic rings. The van der Waals surface area contributed by atoms with Crippen molar-refractivity contribution in [3.8, 4) is 0 Å². The Morgan fingerprint density at radius 1 is 1.00 bits per heavy atom. The van der Waals surface area contributed by atoms with Gasteiger partial charge in [0, 0.05) is 5.41 Å². The van der Waals surface area contributed by atoms with Gasteiger partial charge in [-0.15, -0.1) is 0 Å². The zero-order valence-corrected chi connectivity index (χ0v) is 9.59. The molecular formula is C12H20O2. The molecule has 2 heteroatoms. The molecule has 80 valence electrons. The van der Waals surface area contributed by atoms with Crippen LogP contribution in [0.15, 0.2) is 12.2 Å². The van der Waals surface area contributed by atoms with E-state index in [2.05, 4.69) is 39.8 Å². The minimum atomic E-state index is -0.417. The predicted octanol–water partition coefficient (Wildman–Crippen LogP) is 2.74. The van der Waals surface area contributed by atoms with Crippen molar-refractivity contribution in [3.63, 3.8) is 0 Å². The van der Waals surface area contributed by atoms with E-state index in [0.29, 0.717) is 0 Å². The maximum atomic E-state index is 5.80. The Morgan fingerprint density at radius 3 is 2.00 bits per heavy atom. The number of allylic oxidation sites excluding steroid dienone is 2. The van der Waals surface area contributed by atoms with Gasteiger partial charge in [-0.3, -0.25) is 0 Å². The third-order valence-corrected chi connectivity index (χ3v) is 4.32. The van der Waals surface area contributed by atoms with Crippen molar-refractivity contribution < 1.29 is 9.47 Å². The molecule has 14 heavy (non-hydrogen) atoms. The van der Waals surface area contributed by atoms with Gasteiger partial charge >= 0.3 is 0 Å². The summed E-state index contributed by atoms with van der Waals surface area (Å²) in [6.07, 6.45) is 5.57. The molecule has 0 unspecified atom stereocenters. The van der Waals surface area contributed by atoms with E-state index in [1.54, 1.807) is 0 Å². The first-order chi connectivity index (χ1) is 6.41. The van der Waals surface area contributed by atoms with Gasteiger partial charge in [0.05, 0.1) is 13.2 Å². The fourth-order valence-electron chi connectivity index (χ4n) is 2.64. The van der Waals surface area contributed by atoms with Crippen molar-refractivity contribution in [1.82, 2.24) is 0 Å². The second kappa shape index (κ2) is 2.83. The van der Waals surface area contributed by atoms with Crippen LogP contribution in [0, 0.1) is 10.8 Å². The Kier molecular flexibility index (Phi) is 2.06. The van der Waals surface area contributed by atoms with Crippen LogP contribution in [0.4, 0.5) is 0 Å². The molecule has 0 aromatic carbocycles. The summed E-state index contributed by atoms with van der Waals surface area (Å²) < 4.78 is 11.6. The summed E-state index contributed by atoms with van der Waals surface area (Å²) in [5.74, 6) is -0.417. The lowest BCUT2D eigenvalue weighted by atomic mass is 9.64. The average Bonchev–Trinajstić information content (AvgIpc) is 2.61. The molecule has 1 atom stereocenters. The molecule has 1 saturated heterocycles. The first-order valence-corrected chi connectivity index (χ1v) is 5.37. The van der Waals surface area contributed by atoms with Gasteiger partial charge in [-0.1, -0.05) is 32.9 Å². The summed E-state index contributed by atoms with van der Waals surface area (Å²) in [6, 6.07) is 0. The van der Waals surface area contributed by atoms with Gasteiger partial charge in [0.2, 0.25) is 0 Å². The molecule has 0 spiro atoms. The van der Waals surface area contributed by atoms with Crippen molar-refractivity contribution in [2.75, 3.05) is 13.2 Å². The van der Waals surface area contributed by atoms with Crippen molar-refractivity contribution in [3.05, 3.63) is 12.2 Å². The second-order valence-electron chi connectivity index (χ2n) is 5.30. The molecule has 0 aromatic heterocycles. The topological polar surface area (TPSA) is 18.5 Å². The largest absolute Gasteiger partial charge is 0.347 e. The van der Waals surface area contributed by atoms with E-state index in [1.165, 1.54) is 0 Å². The predicted molar refractivity (Wildman–Crippen MR) is 56.0 cm³/mol. The maximum absolute atomic E-state index is 5.80. The van der Waals surface area contributed by atoms with E-state index in [9.17, 15) is 0 Å². The van der Waals surface area contributed by atoms with E-state index in [-0.39, 0.29) is 10.8 Å². The highest BCUT2D eigenvalue weighted by Crippen LogP contribution is 2.56. The summed E-state index contributed by atoms with van der Waals surface area (Å²) in [7, 11) is 0. The molecule has 1 aliphatic heterocycles. The van der Waals surface area contributed by atoms with E-state index in [1.807, 2.05) is 0 Å². The monoisotopic (exact) mass is 196 g/mol. The number of hydrogen-bond donors (Lipinski definition) is 0. The molecule has 0 aromatic rings. The SMILES string of the molecule is CC1(C)C=CC[C@@]1(C)C1(C)OCCO1. The zero-order valence-electron chi connectivity index (χ0n) is 9.59. The summed E-state index contributed by atoms with van der Waals surface area (Å²) in [4.78, 5) is 0. The molecule has 0 saturated carbocycles. The third-order valence-electron chi connectivity index (χ3n) is 4.32. The Hall–Kier alpha value is -0.340. The van der Waals surface area contributed by atoms with Crippen molar-refractivity contribution in [1.29, 1.82) is 0 Å². The smallest absolute Gasteiger partial charge is 0.172 e. The quantitative estimate of drug-likeness (QED) is 0.600. The standard InChI is InChI=1S/C12H20O2/c1-10(2)6-5-7-11(10,3)12(4)13-8-9-14-12/h5-6H,7-9H2,1-4H3/t11-/m1/s1.